The predicted molar refractivity (Wildman–Crippen MR) is 47.8 cm³/mol. The molecule has 2 unspecified atom stereocenters. The van der Waals surface area contributed by atoms with Gasteiger partial charge >= 0.3 is 6.18 Å². The molecule has 1 rings (SSSR count). The van der Waals surface area contributed by atoms with E-state index in [1.807, 2.05) is 0 Å². The molecule has 14 heavy (non-hydrogen) atoms. The number of halogens is 3. The Morgan fingerprint density at radius 2 is 1.86 bits per heavy atom. The fourth-order valence-electron chi connectivity index (χ4n) is 2.42. The molecule has 1 fully saturated rings. The lowest BCUT2D eigenvalue weighted by molar-refractivity contribution is -0.293. The second kappa shape index (κ2) is 3.72. The molecule has 1 aliphatic carbocycles. The summed E-state index contributed by atoms with van der Waals surface area (Å²) >= 11 is 0. The van der Waals surface area contributed by atoms with Crippen molar-refractivity contribution in [2.75, 3.05) is 0 Å². The standard InChI is InChI=1S/C10H17F3O/c1-7(2)8-5-3-4-6-9(8,14)10(11,12)13/h7-8,14H,3-6H2,1-2H3. The van der Waals surface area contributed by atoms with E-state index in [9.17, 15) is 18.3 Å². The van der Waals surface area contributed by atoms with Crippen molar-refractivity contribution < 1.29 is 18.3 Å². The molecule has 0 saturated heterocycles. The molecule has 0 aromatic heterocycles. The van der Waals surface area contributed by atoms with Gasteiger partial charge in [-0.1, -0.05) is 26.7 Å². The van der Waals surface area contributed by atoms with Gasteiger partial charge in [0.1, 0.15) is 0 Å². The van der Waals surface area contributed by atoms with Gasteiger partial charge < -0.3 is 5.11 Å². The Bertz CT molecular complexity index is 200. The highest BCUT2D eigenvalue weighted by Crippen LogP contribution is 2.47. The van der Waals surface area contributed by atoms with E-state index < -0.39 is 17.7 Å². The van der Waals surface area contributed by atoms with Crippen molar-refractivity contribution in [3.05, 3.63) is 0 Å². The van der Waals surface area contributed by atoms with Crippen LogP contribution in [0.1, 0.15) is 39.5 Å². The fourth-order valence-corrected chi connectivity index (χ4v) is 2.42. The Morgan fingerprint density at radius 1 is 1.29 bits per heavy atom. The smallest absolute Gasteiger partial charge is 0.380 e. The van der Waals surface area contributed by atoms with Crippen LogP contribution in [-0.2, 0) is 0 Å². The van der Waals surface area contributed by atoms with Gasteiger partial charge in [0.15, 0.2) is 5.60 Å². The van der Waals surface area contributed by atoms with E-state index in [2.05, 4.69) is 0 Å². The number of rotatable bonds is 1. The van der Waals surface area contributed by atoms with Crippen molar-refractivity contribution in [3.63, 3.8) is 0 Å². The lowest BCUT2D eigenvalue weighted by atomic mass is 9.70. The summed E-state index contributed by atoms with van der Waals surface area (Å²) in [5.74, 6) is -0.766. The zero-order chi connectivity index (χ0) is 11.0. The molecule has 0 aliphatic heterocycles. The quantitative estimate of drug-likeness (QED) is 0.705. The van der Waals surface area contributed by atoms with Crippen molar-refractivity contribution in [2.24, 2.45) is 11.8 Å². The third-order valence-corrected chi connectivity index (χ3v) is 3.23. The van der Waals surface area contributed by atoms with Gasteiger partial charge in [-0.3, -0.25) is 0 Å². The Morgan fingerprint density at radius 3 is 2.21 bits per heavy atom. The van der Waals surface area contributed by atoms with Crippen LogP contribution in [0.4, 0.5) is 13.2 Å². The second-order valence-electron chi connectivity index (χ2n) is 4.52. The minimum Gasteiger partial charge on any atom is -0.380 e. The molecule has 2 atom stereocenters. The largest absolute Gasteiger partial charge is 0.417 e. The van der Waals surface area contributed by atoms with Crippen molar-refractivity contribution in [2.45, 2.75) is 51.3 Å². The molecular formula is C10H17F3O. The average Bonchev–Trinajstić information content (AvgIpc) is 2.02. The maximum atomic E-state index is 12.7. The highest BCUT2D eigenvalue weighted by molar-refractivity contribution is 4.96. The van der Waals surface area contributed by atoms with E-state index in [0.717, 1.165) is 6.42 Å². The summed E-state index contributed by atoms with van der Waals surface area (Å²) in [7, 11) is 0. The third-order valence-electron chi connectivity index (χ3n) is 3.23. The summed E-state index contributed by atoms with van der Waals surface area (Å²) in [5, 5.41) is 9.71. The van der Waals surface area contributed by atoms with Gasteiger partial charge in [-0.25, -0.2) is 0 Å². The minimum absolute atomic E-state index is 0.123. The SMILES string of the molecule is CC(C)C1CCCCC1(O)C(F)(F)F. The molecule has 0 amide bonds. The Balaban J connectivity index is 2.91. The third kappa shape index (κ3) is 1.90. The van der Waals surface area contributed by atoms with Crippen LogP contribution >= 0.6 is 0 Å². The molecule has 0 radical (unpaired) electrons. The lowest BCUT2D eigenvalue weighted by Gasteiger charge is -2.43. The van der Waals surface area contributed by atoms with Crippen LogP contribution in [0.3, 0.4) is 0 Å². The molecule has 1 N–H and O–H groups in total. The molecule has 1 nitrogen and oxygen atoms in total. The van der Waals surface area contributed by atoms with Gasteiger partial charge in [0.2, 0.25) is 0 Å². The first-order chi connectivity index (χ1) is 6.29. The van der Waals surface area contributed by atoms with Crippen molar-refractivity contribution in [1.29, 1.82) is 0 Å². The van der Waals surface area contributed by atoms with Crippen molar-refractivity contribution >= 4 is 0 Å². The van der Waals surface area contributed by atoms with Crippen molar-refractivity contribution in [1.82, 2.24) is 0 Å². The lowest BCUT2D eigenvalue weighted by Crippen LogP contribution is -2.54. The highest BCUT2D eigenvalue weighted by atomic mass is 19.4. The van der Waals surface area contributed by atoms with Crippen LogP contribution in [0.5, 0.6) is 0 Å². The highest BCUT2D eigenvalue weighted by Gasteiger charge is 2.59. The Kier molecular flexibility index (Phi) is 3.14. The number of hydrogen-bond donors (Lipinski definition) is 1. The molecule has 1 aliphatic rings. The van der Waals surface area contributed by atoms with Gasteiger partial charge in [-0.2, -0.15) is 13.2 Å². The molecule has 0 aromatic carbocycles. The molecule has 0 spiro atoms. The monoisotopic (exact) mass is 210 g/mol. The number of hydrogen-bond acceptors (Lipinski definition) is 1. The summed E-state index contributed by atoms with van der Waals surface area (Å²) in [6, 6.07) is 0. The van der Waals surface area contributed by atoms with Crippen LogP contribution in [-0.4, -0.2) is 16.9 Å². The van der Waals surface area contributed by atoms with E-state index in [1.165, 1.54) is 0 Å². The first-order valence-electron chi connectivity index (χ1n) is 5.08. The molecular weight excluding hydrogens is 193 g/mol. The minimum atomic E-state index is -4.48. The molecule has 4 heteroatoms. The summed E-state index contributed by atoms with van der Waals surface area (Å²) in [6.45, 7) is 3.49. The van der Waals surface area contributed by atoms with Crippen LogP contribution in [0.25, 0.3) is 0 Å². The molecule has 84 valence electrons. The molecule has 0 heterocycles. The second-order valence-corrected chi connectivity index (χ2v) is 4.52. The Labute approximate surface area is 82.3 Å². The topological polar surface area (TPSA) is 20.2 Å². The maximum Gasteiger partial charge on any atom is 0.417 e. The van der Waals surface area contributed by atoms with Crippen LogP contribution < -0.4 is 0 Å². The molecule has 1 saturated carbocycles. The summed E-state index contributed by atoms with van der Waals surface area (Å²) in [5.41, 5.74) is -2.45. The van der Waals surface area contributed by atoms with Gasteiger partial charge in [0.25, 0.3) is 0 Å². The average molecular weight is 210 g/mol. The fraction of sp³-hybridized carbons (Fsp3) is 1.00. The number of alkyl halides is 3. The molecule has 0 bridgehead atoms. The van der Waals surface area contributed by atoms with Crippen molar-refractivity contribution in [3.8, 4) is 0 Å². The van der Waals surface area contributed by atoms with Gasteiger partial charge in [-0.15, -0.1) is 0 Å². The summed E-state index contributed by atoms with van der Waals surface area (Å²) in [4.78, 5) is 0. The normalized spacial score (nSPS) is 34.9. The van der Waals surface area contributed by atoms with Crippen LogP contribution in [0, 0.1) is 11.8 Å². The van der Waals surface area contributed by atoms with E-state index >= 15 is 0 Å². The van der Waals surface area contributed by atoms with E-state index in [-0.39, 0.29) is 12.3 Å². The predicted octanol–water partition coefficient (Wildman–Crippen LogP) is 3.13. The first kappa shape index (κ1) is 11.8. The van der Waals surface area contributed by atoms with Crippen LogP contribution in [0.15, 0.2) is 0 Å². The molecule has 0 aromatic rings. The Hall–Kier alpha value is -0.250. The van der Waals surface area contributed by atoms with Gasteiger partial charge in [0.05, 0.1) is 0 Å². The van der Waals surface area contributed by atoms with E-state index in [0.29, 0.717) is 12.8 Å². The van der Waals surface area contributed by atoms with E-state index in [1.54, 1.807) is 13.8 Å². The zero-order valence-corrected chi connectivity index (χ0v) is 8.56. The zero-order valence-electron chi connectivity index (χ0n) is 8.56. The van der Waals surface area contributed by atoms with E-state index in [4.69, 9.17) is 0 Å². The number of aliphatic hydroxyl groups is 1. The van der Waals surface area contributed by atoms with Crippen LogP contribution in [0.2, 0.25) is 0 Å². The summed E-state index contributed by atoms with van der Waals surface area (Å²) in [6.07, 6.45) is -2.88. The summed E-state index contributed by atoms with van der Waals surface area (Å²) < 4.78 is 38.1. The maximum absolute atomic E-state index is 12.7. The van der Waals surface area contributed by atoms with Gasteiger partial charge in [0, 0.05) is 0 Å². The van der Waals surface area contributed by atoms with Gasteiger partial charge in [-0.05, 0) is 24.7 Å². The first-order valence-corrected chi connectivity index (χ1v) is 5.08.